The first kappa shape index (κ1) is 17.9. The van der Waals surface area contributed by atoms with Crippen LogP contribution >= 0.6 is 11.3 Å². The highest BCUT2D eigenvalue weighted by Crippen LogP contribution is 2.32. The largest absolute Gasteiger partial charge is 0.338 e. The number of nitrogens with zero attached hydrogens (tertiary/aromatic N) is 2. The first-order chi connectivity index (χ1) is 12.1. The molecule has 0 spiro atoms. The maximum absolute atomic E-state index is 13.0. The van der Waals surface area contributed by atoms with Gasteiger partial charge in [-0.2, -0.15) is 0 Å². The average Bonchev–Trinajstić information content (AvgIpc) is 3.12. The smallest absolute Gasteiger partial charge is 0.266 e. The van der Waals surface area contributed by atoms with Crippen LogP contribution < -0.4 is 4.31 Å². The number of benzene rings is 1. The van der Waals surface area contributed by atoms with Crippen LogP contribution in [0.1, 0.15) is 35.9 Å². The Morgan fingerprint density at radius 2 is 1.80 bits per heavy atom. The summed E-state index contributed by atoms with van der Waals surface area (Å²) >= 11 is 1.31. The number of rotatable bonds is 5. The number of anilines is 1. The van der Waals surface area contributed by atoms with Crippen molar-refractivity contribution >= 4 is 33.0 Å². The highest BCUT2D eigenvalue weighted by molar-refractivity contribution is 7.92. The Morgan fingerprint density at radius 3 is 2.44 bits per heavy atom. The zero-order valence-electron chi connectivity index (χ0n) is 14.2. The van der Waals surface area contributed by atoms with E-state index in [0.29, 0.717) is 10.6 Å². The first-order valence-corrected chi connectivity index (χ1v) is 10.8. The number of amides is 1. The van der Waals surface area contributed by atoms with Crippen LogP contribution in [0.3, 0.4) is 0 Å². The van der Waals surface area contributed by atoms with Gasteiger partial charge in [-0.1, -0.05) is 18.2 Å². The summed E-state index contributed by atoms with van der Waals surface area (Å²) in [5.74, 6) is -0.0635. The van der Waals surface area contributed by atoms with Gasteiger partial charge in [0.05, 0.1) is 10.6 Å². The minimum atomic E-state index is -3.69. The summed E-state index contributed by atoms with van der Waals surface area (Å²) in [4.78, 5) is 15.5. The summed E-state index contributed by atoms with van der Waals surface area (Å²) in [6.07, 6.45) is 3.16. The predicted octanol–water partition coefficient (Wildman–Crippen LogP) is 3.59. The van der Waals surface area contributed by atoms with Gasteiger partial charge in [0.25, 0.3) is 15.9 Å². The van der Waals surface area contributed by atoms with E-state index in [2.05, 4.69) is 0 Å². The summed E-state index contributed by atoms with van der Waals surface area (Å²) in [5.41, 5.74) is 0.479. The molecule has 134 valence electrons. The standard InChI is InChI=1S/C18H22N2O3S2/c1-2-20(25(22,23)15-9-5-3-6-10-15)16-11-14-24-17(16)18(21)19-12-7-4-8-13-19/h3,5-6,9-11,14H,2,4,7-8,12-13H2,1H3. The molecule has 5 nitrogen and oxygen atoms in total. The molecule has 2 aromatic rings. The van der Waals surface area contributed by atoms with Crippen LogP contribution in [-0.2, 0) is 10.0 Å². The molecule has 0 aliphatic carbocycles. The molecule has 25 heavy (non-hydrogen) atoms. The normalized spacial score (nSPS) is 15.2. The molecule has 1 aliphatic heterocycles. The van der Waals surface area contributed by atoms with Crippen LogP contribution in [0.4, 0.5) is 5.69 Å². The van der Waals surface area contributed by atoms with E-state index in [1.165, 1.54) is 15.6 Å². The van der Waals surface area contributed by atoms with Crippen LogP contribution in [0.15, 0.2) is 46.7 Å². The number of piperidine rings is 1. The maximum Gasteiger partial charge on any atom is 0.266 e. The quantitative estimate of drug-likeness (QED) is 0.799. The van der Waals surface area contributed by atoms with Gasteiger partial charge >= 0.3 is 0 Å². The highest BCUT2D eigenvalue weighted by Gasteiger charge is 2.30. The molecule has 7 heteroatoms. The van der Waals surface area contributed by atoms with E-state index in [1.54, 1.807) is 48.7 Å². The Balaban J connectivity index is 1.95. The minimum absolute atomic E-state index is 0.0635. The third kappa shape index (κ3) is 3.57. The summed E-state index contributed by atoms with van der Waals surface area (Å²) in [7, 11) is -3.69. The Hall–Kier alpha value is -1.86. The highest BCUT2D eigenvalue weighted by atomic mass is 32.2. The molecule has 0 atom stereocenters. The lowest BCUT2D eigenvalue weighted by molar-refractivity contribution is 0.0730. The van der Waals surface area contributed by atoms with E-state index in [9.17, 15) is 13.2 Å². The van der Waals surface area contributed by atoms with Crippen molar-refractivity contribution in [2.24, 2.45) is 0 Å². The van der Waals surface area contributed by atoms with Crippen LogP contribution in [0.5, 0.6) is 0 Å². The molecule has 2 heterocycles. The van der Waals surface area contributed by atoms with Gasteiger partial charge in [-0.3, -0.25) is 9.10 Å². The van der Waals surface area contributed by atoms with Gasteiger partial charge in [0, 0.05) is 19.6 Å². The summed E-state index contributed by atoms with van der Waals surface area (Å²) in [6.45, 7) is 3.54. The molecule has 1 amide bonds. The number of thiophene rings is 1. The fourth-order valence-electron chi connectivity index (χ4n) is 3.09. The van der Waals surface area contributed by atoms with Gasteiger partial charge in [0.1, 0.15) is 4.88 Å². The van der Waals surface area contributed by atoms with E-state index in [-0.39, 0.29) is 17.3 Å². The van der Waals surface area contributed by atoms with Gasteiger partial charge in [-0.15, -0.1) is 11.3 Å². The topological polar surface area (TPSA) is 57.7 Å². The van der Waals surface area contributed by atoms with E-state index >= 15 is 0 Å². The number of carbonyl (C=O) groups excluding carboxylic acids is 1. The van der Waals surface area contributed by atoms with Crippen molar-refractivity contribution in [3.05, 3.63) is 46.7 Å². The zero-order chi connectivity index (χ0) is 17.9. The summed E-state index contributed by atoms with van der Waals surface area (Å²) in [5, 5.41) is 1.79. The molecule has 1 fully saturated rings. The van der Waals surface area contributed by atoms with E-state index in [1.807, 2.05) is 4.90 Å². The van der Waals surface area contributed by atoms with Gasteiger partial charge in [-0.05, 0) is 49.8 Å². The average molecular weight is 379 g/mol. The number of carbonyl (C=O) groups is 1. The molecule has 0 saturated carbocycles. The Kier molecular flexibility index (Phi) is 5.44. The van der Waals surface area contributed by atoms with Crippen molar-refractivity contribution in [3.63, 3.8) is 0 Å². The van der Waals surface area contributed by atoms with Crippen LogP contribution in [0.2, 0.25) is 0 Å². The third-order valence-electron chi connectivity index (χ3n) is 4.37. The van der Waals surface area contributed by atoms with Gasteiger partial charge in [-0.25, -0.2) is 8.42 Å². The Labute approximate surface area is 152 Å². The molecule has 0 bridgehead atoms. The maximum atomic E-state index is 13.0. The van der Waals surface area contributed by atoms with E-state index in [0.717, 1.165) is 32.4 Å². The number of sulfonamides is 1. The predicted molar refractivity (Wildman–Crippen MR) is 101 cm³/mol. The van der Waals surface area contributed by atoms with Crippen molar-refractivity contribution in [2.75, 3.05) is 23.9 Å². The van der Waals surface area contributed by atoms with E-state index < -0.39 is 10.0 Å². The fraction of sp³-hybridized carbons (Fsp3) is 0.389. The van der Waals surface area contributed by atoms with Gasteiger partial charge in [0.2, 0.25) is 0 Å². The van der Waals surface area contributed by atoms with Crippen LogP contribution in [-0.4, -0.2) is 38.9 Å². The Morgan fingerprint density at radius 1 is 1.12 bits per heavy atom. The third-order valence-corrected chi connectivity index (χ3v) is 7.16. The first-order valence-electron chi connectivity index (χ1n) is 8.50. The van der Waals surface area contributed by atoms with E-state index in [4.69, 9.17) is 0 Å². The van der Waals surface area contributed by atoms with Crippen molar-refractivity contribution in [1.29, 1.82) is 0 Å². The number of likely N-dealkylation sites (tertiary alicyclic amines) is 1. The second-order valence-corrected chi connectivity index (χ2v) is 8.75. The second-order valence-electron chi connectivity index (χ2n) is 5.97. The van der Waals surface area contributed by atoms with Crippen LogP contribution in [0.25, 0.3) is 0 Å². The summed E-state index contributed by atoms with van der Waals surface area (Å²) in [6, 6.07) is 10.1. The van der Waals surface area contributed by atoms with Crippen molar-refractivity contribution < 1.29 is 13.2 Å². The molecule has 1 aromatic carbocycles. The number of hydrogen-bond acceptors (Lipinski definition) is 4. The molecule has 3 rings (SSSR count). The molecular formula is C18H22N2O3S2. The van der Waals surface area contributed by atoms with Crippen molar-refractivity contribution in [1.82, 2.24) is 4.90 Å². The number of hydrogen-bond donors (Lipinski definition) is 0. The van der Waals surface area contributed by atoms with Gasteiger partial charge in [0.15, 0.2) is 0 Å². The summed E-state index contributed by atoms with van der Waals surface area (Å²) < 4.78 is 27.4. The molecule has 0 N–H and O–H groups in total. The zero-order valence-corrected chi connectivity index (χ0v) is 15.9. The Bertz CT molecular complexity index is 825. The molecule has 1 aliphatic rings. The fourth-order valence-corrected chi connectivity index (χ4v) is 5.52. The lowest BCUT2D eigenvalue weighted by atomic mass is 10.1. The van der Waals surface area contributed by atoms with Gasteiger partial charge < -0.3 is 4.90 Å². The van der Waals surface area contributed by atoms with Crippen molar-refractivity contribution in [2.45, 2.75) is 31.1 Å². The second kappa shape index (κ2) is 7.58. The minimum Gasteiger partial charge on any atom is -0.338 e. The monoisotopic (exact) mass is 378 g/mol. The molecule has 1 saturated heterocycles. The molecular weight excluding hydrogens is 356 g/mol. The molecule has 0 radical (unpaired) electrons. The molecule has 0 unspecified atom stereocenters. The lowest BCUT2D eigenvalue weighted by Crippen LogP contribution is -2.37. The SMILES string of the molecule is CCN(c1ccsc1C(=O)N1CCCCC1)S(=O)(=O)c1ccccc1. The van der Waals surface area contributed by atoms with Crippen LogP contribution in [0, 0.1) is 0 Å². The molecule has 1 aromatic heterocycles. The lowest BCUT2D eigenvalue weighted by Gasteiger charge is -2.28. The van der Waals surface area contributed by atoms with Crippen molar-refractivity contribution in [3.8, 4) is 0 Å².